The minimum atomic E-state index is -0.146. The molecule has 0 saturated carbocycles. The van der Waals surface area contributed by atoms with Gasteiger partial charge < -0.3 is 4.74 Å². The van der Waals surface area contributed by atoms with E-state index in [4.69, 9.17) is 27.9 Å². The molecule has 0 amide bonds. The first-order chi connectivity index (χ1) is 9.88. The van der Waals surface area contributed by atoms with Gasteiger partial charge in [0.15, 0.2) is 12.4 Å². The van der Waals surface area contributed by atoms with Crippen LogP contribution in [0.4, 0.5) is 0 Å². The number of Topliss-reactive ketones (excluding diaryl/α,β-unsaturated/α-hetero) is 1. The van der Waals surface area contributed by atoms with Crippen LogP contribution in [0.5, 0.6) is 5.75 Å². The van der Waals surface area contributed by atoms with Gasteiger partial charge in [0.25, 0.3) is 0 Å². The molecule has 2 rings (SSSR count). The van der Waals surface area contributed by atoms with E-state index < -0.39 is 0 Å². The van der Waals surface area contributed by atoms with Crippen molar-refractivity contribution >= 4 is 44.9 Å². The minimum absolute atomic E-state index is 0.0432. The van der Waals surface area contributed by atoms with Crippen molar-refractivity contribution in [3.8, 4) is 5.75 Å². The van der Waals surface area contributed by atoms with E-state index in [2.05, 4.69) is 15.9 Å². The van der Waals surface area contributed by atoms with Gasteiger partial charge in [-0.1, -0.05) is 39.1 Å². The molecule has 0 heterocycles. The van der Waals surface area contributed by atoms with Crippen molar-refractivity contribution in [3.63, 3.8) is 0 Å². The largest absolute Gasteiger partial charge is 0.485 e. The van der Waals surface area contributed by atoms with Gasteiger partial charge in [0.2, 0.25) is 0 Å². The molecule has 2 aromatic rings. The lowest BCUT2D eigenvalue weighted by molar-refractivity contribution is 0.0921. The summed E-state index contributed by atoms with van der Waals surface area (Å²) in [6.07, 6.45) is 0. The summed E-state index contributed by atoms with van der Waals surface area (Å²) in [5, 5.41) is 0.783. The van der Waals surface area contributed by atoms with E-state index in [0.29, 0.717) is 21.4 Å². The molecule has 2 nitrogen and oxygen atoms in total. The zero-order valence-corrected chi connectivity index (χ0v) is 14.6. The molecule has 0 aromatic heterocycles. The number of rotatable bonds is 4. The number of ether oxygens (including phenoxy) is 1. The van der Waals surface area contributed by atoms with Gasteiger partial charge in [0.1, 0.15) is 5.75 Å². The number of ketones is 1. The van der Waals surface area contributed by atoms with Gasteiger partial charge >= 0.3 is 0 Å². The van der Waals surface area contributed by atoms with Crippen LogP contribution in [0.2, 0.25) is 10.0 Å². The molecule has 0 spiro atoms. The first-order valence-corrected chi connectivity index (χ1v) is 7.81. The summed E-state index contributed by atoms with van der Waals surface area (Å²) in [5.41, 5.74) is 2.61. The molecule has 2 aromatic carbocycles. The molecule has 0 aliphatic heterocycles. The molecule has 0 radical (unpaired) electrons. The number of carbonyl (C=O) groups excluding carboxylic acids is 1. The van der Waals surface area contributed by atoms with E-state index in [-0.39, 0.29) is 12.4 Å². The first-order valence-electron chi connectivity index (χ1n) is 6.26. The van der Waals surface area contributed by atoms with E-state index >= 15 is 0 Å². The molecule has 0 bridgehead atoms. The Kier molecular flexibility index (Phi) is 5.31. The zero-order valence-electron chi connectivity index (χ0n) is 11.5. The summed E-state index contributed by atoms with van der Waals surface area (Å²) in [7, 11) is 0. The smallest absolute Gasteiger partial charge is 0.200 e. The normalized spacial score (nSPS) is 10.5. The molecule has 0 aliphatic carbocycles. The number of benzene rings is 2. The van der Waals surface area contributed by atoms with E-state index in [0.717, 1.165) is 15.6 Å². The Bertz CT molecular complexity index is 676. The molecule has 110 valence electrons. The second kappa shape index (κ2) is 6.82. The summed E-state index contributed by atoms with van der Waals surface area (Å²) in [6.45, 7) is 3.91. The predicted octanol–water partition coefficient (Wildman–Crippen LogP) is 5.63. The summed E-state index contributed by atoms with van der Waals surface area (Å²) >= 11 is 15.2. The predicted molar refractivity (Wildman–Crippen MR) is 89.9 cm³/mol. The fraction of sp³-hybridized carbons (Fsp3) is 0.188. The lowest BCUT2D eigenvalue weighted by Gasteiger charge is -2.10. The van der Waals surface area contributed by atoms with E-state index in [1.807, 2.05) is 26.0 Å². The number of halogens is 3. The Balaban J connectivity index is 2.09. The lowest BCUT2D eigenvalue weighted by Crippen LogP contribution is -2.11. The van der Waals surface area contributed by atoms with Crippen LogP contribution in [0.3, 0.4) is 0 Å². The highest BCUT2D eigenvalue weighted by Crippen LogP contribution is 2.27. The SMILES string of the molecule is Cc1cc(OCC(=O)c2ccc(Cl)c(Cl)c2)cc(C)c1Br. The topological polar surface area (TPSA) is 26.3 Å². The average Bonchev–Trinajstić information content (AvgIpc) is 2.44. The third-order valence-corrected chi connectivity index (χ3v) is 5.01. The van der Waals surface area contributed by atoms with Crippen LogP contribution in [0, 0.1) is 13.8 Å². The van der Waals surface area contributed by atoms with Gasteiger partial charge in [0, 0.05) is 10.0 Å². The van der Waals surface area contributed by atoms with Crippen molar-refractivity contribution in [3.05, 3.63) is 61.5 Å². The summed E-state index contributed by atoms with van der Waals surface area (Å²) < 4.78 is 6.61. The third-order valence-electron chi connectivity index (χ3n) is 3.02. The van der Waals surface area contributed by atoms with Gasteiger partial charge in [-0.25, -0.2) is 0 Å². The second-order valence-corrected chi connectivity index (χ2v) is 6.32. The van der Waals surface area contributed by atoms with Gasteiger partial charge in [-0.2, -0.15) is 0 Å². The van der Waals surface area contributed by atoms with Crippen LogP contribution in [0.25, 0.3) is 0 Å². The highest BCUT2D eigenvalue weighted by Gasteiger charge is 2.10. The maximum absolute atomic E-state index is 12.1. The standard InChI is InChI=1S/C16H13BrCl2O2/c1-9-5-12(6-10(2)16(9)17)21-8-15(20)11-3-4-13(18)14(19)7-11/h3-7H,8H2,1-2H3. The van der Waals surface area contributed by atoms with Crippen LogP contribution in [0.1, 0.15) is 21.5 Å². The van der Waals surface area contributed by atoms with Gasteiger partial charge in [0.05, 0.1) is 10.0 Å². The number of hydrogen-bond donors (Lipinski definition) is 0. The quantitative estimate of drug-likeness (QED) is 0.635. The number of hydrogen-bond acceptors (Lipinski definition) is 2. The number of aryl methyl sites for hydroxylation is 2. The van der Waals surface area contributed by atoms with Crippen molar-refractivity contribution in [2.45, 2.75) is 13.8 Å². The van der Waals surface area contributed by atoms with E-state index in [1.165, 1.54) is 0 Å². The van der Waals surface area contributed by atoms with Crippen molar-refractivity contribution < 1.29 is 9.53 Å². The fourth-order valence-electron chi connectivity index (χ4n) is 1.89. The summed E-state index contributed by atoms with van der Waals surface area (Å²) in [4.78, 5) is 12.1. The van der Waals surface area contributed by atoms with E-state index in [1.54, 1.807) is 18.2 Å². The summed E-state index contributed by atoms with van der Waals surface area (Å²) in [5.74, 6) is 0.522. The Hall–Kier alpha value is -1.03. The van der Waals surface area contributed by atoms with Crippen LogP contribution in [-0.2, 0) is 0 Å². The van der Waals surface area contributed by atoms with Crippen molar-refractivity contribution in [1.29, 1.82) is 0 Å². The minimum Gasteiger partial charge on any atom is -0.485 e. The highest BCUT2D eigenvalue weighted by atomic mass is 79.9. The maximum atomic E-state index is 12.1. The molecular formula is C16H13BrCl2O2. The Morgan fingerprint density at radius 3 is 2.29 bits per heavy atom. The molecule has 5 heteroatoms. The third kappa shape index (κ3) is 4.00. The second-order valence-electron chi connectivity index (χ2n) is 4.71. The first kappa shape index (κ1) is 16.3. The summed E-state index contributed by atoms with van der Waals surface area (Å²) in [6, 6.07) is 8.56. The molecular weight excluding hydrogens is 375 g/mol. The Morgan fingerprint density at radius 2 is 1.71 bits per heavy atom. The maximum Gasteiger partial charge on any atom is 0.200 e. The Morgan fingerprint density at radius 1 is 1.10 bits per heavy atom. The zero-order chi connectivity index (χ0) is 15.6. The molecule has 0 atom stereocenters. The molecule has 0 saturated heterocycles. The van der Waals surface area contributed by atoms with Crippen molar-refractivity contribution in [1.82, 2.24) is 0 Å². The van der Waals surface area contributed by atoms with Gasteiger partial charge in [-0.05, 0) is 55.3 Å². The molecule has 0 fully saturated rings. The van der Waals surface area contributed by atoms with Crippen LogP contribution in [0.15, 0.2) is 34.8 Å². The van der Waals surface area contributed by atoms with Crippen LogP contribution in [-0.4, -0.2) is 12.4 Å². The average molecular weight is 388 g/mol. The van der Waals surface area contributed by atoms with Crippen molar-refractivity contribution in [2.75, 3.05) is 6.61 Å². The van der Waals surface area contributed by atoms with Crippen molar-refractivity contribution in [2.24, 2.45) is 0 Å². The van der Waals surface area contributed by atoms with Crippen LogP contribution < -0.4 is 4.74 Å². The van der Waals surface area contributed by atoms with Gasteiger partial charge in [-0.15, -0.1) is 0 Å². The monoisotopic (exact) mass is 386 g/mol. The van der Waals surface area contributed by atoms with Gasteiger partial charge in [-0.3, -0.25) is 4.79 Å². The fourth-order valence-corrected chi connectivity index (χ4v) is 2.42. The highest BCUT2D eigenvalue weighted by molar-refractivity contribution is 9.10. The number of carbonyl (C=O) groups is 1. The Labute approximate surface area is 142 Å². The lowest BCUT2D eigenvalue weighted by atomic mass is 10.1. The molecule has 0 aliphatic rings. The molecule has 21 heavy (non-hydrogen) atoms. The van der Waals surface area contributed by atoms with E-state index in [9.17, 15) is 4.79 Å². The molecule has 0 N–H and O–H groups in total. The molecule has 0 unspecified atom stereocenters. The van der Waals surface area contributed by atoms with Crippen LogP contribution >= 0.6 is 39.1 Å².